The number of para-hydroxylation sites is 4. The fourth-order valence-electron chi connectivity index (χ4n) is 11.8. The Kier molecular flexibility index (Phi) is 8.06. The van der Waals surface area contributed by atoms with Gasteiger partial charge < -0.3 is 9.13 Å². The van der Waals surface area contributed by atoms with Crippen molar-refractivity contribution in [3.8, 4) is 55.9 Å². The van der Waals surface area contributed by atoms with Gasteiger partial charge in [-0.2, -0.15) is 0 Å². The van der Waals surface area contributed by atoms with Crippen LogP contribution >= 0.6 is 0 Å². The van der Waals surface area contributed by atoms with Crippen LogP contribution in [-0.4, -0.2) is 9.13 Å². The quantitative estimate of drug-likeness (QED) is 0.153. The van der Waals surface area contributed by atoms with Crippen LogP contribution in [0, 0.1) is 0 Å². The molecule has 314 valence electrons. The molecule has 0 radical (unpaired) electrons. The Morgan fingerprint density at radius 3 is 1.27 bits per heavy atom. The zero-order valence-corrected chi connectivity index (χ0v) is 37.3. The lowest BCUT2D eigenvalue weighted by molar-refractivity contribution is 0.660. The lowest BCUT2D eigenvalue weighted by Crippen LogP contribution is -2.14. The highest BCUT2D eigenvalue weighted by atomic mass is 15.0. The van der Waals surface area contributed by atoms with E-state index in [0.717, 1.165) is 11.4 Å². The number of rotatable bonds is 5. The molecule has 0 saturated heterocycles. The Balaban J connectivity index is 1.06. The first-order valence-electron chi connectivity index (χ1n) is 23.4. The van der Waals surface area contributed by atoms with Crippen molar-refractivity contribution in [3.63, 3.8) is 0 Å². The molecular weight excluding hydrogens is 809 g/mol. The molecule has 0 fully saturated rings. The van der Waals surface area contributed by atoms with E-state index in [4.69, 9.17) is 0 Å². The van der Waals surface area contributed by atoms with Crippen LogP contribution in [0.25, 0.3) is 121 Å². The summed E-state index contributed by atoms with van der Waals surface area (Å²) in [6, 6.07) is 85.9. The average molecular weight is 853 g/mol. The summed E-state index contributed by atoms with van der Waals surface area (Å²) in [7, 11) is 0. The molecule has 0 unspecified atom stereocenters. The maximum atomic E-state index is 2.50. The molecule has 14 rings (SSSR count). The molecule has 2 nitrogen and oxygen atoms in total. The molecule has 0 saturated carbocycles. The minimum absolute atomic E-state index is 0.127. The molecule has 0 bridgehead atoms. The number of hydrogen-bond acceptors (Lipinski definition) is 0. The molecule has 0 N–H and O–H groups in total. The van der Waals surface area contributed by atoms with Gasteiger partial charge in [0.1, 0.15) is 0 Å². The van der Waals surface area contributed by atoms with Crippen LogP contribution in [0.2, 0.25) is 0 Å². The van der Waals surface area contributed by atoms with Gasteiger partial charge >= 0.3 is 0 Å². The molecule has 1 aliphatic rings. The largest absolute Gasteiger partial charge is 0.309 e. The Morgan fingerprint density at radius 2 is 0.701 bits per heavy atom. The van der Waals surface area contributed by atoms with Crippen molar-refractivity contribution in [1.82, 2.24) is 9.13 Å². The number of benzene rings is 11. The Bertz CT molecular complexity index is 3950. The first-order chi connectivity index (χ1) is 33.0. The molecule has 0 atom stereocenters. The first-order valence-corrected chi connectivity index (χ1v) is 23.4. The molecule has 0 spiro atoms. The zero-order valence-electron chi connectivity index (χ0n) is 37.3. The van der Waals surface area contributed by atoms with Crippen molar-refractivity contribution < 1.29 is 0 Å². The molecule has 1 aliphatic carbocycles. The minimum Gasteiger partial charge on any atom is -0.309 e. The van der Waals surface area contributed by atoms with Gasteiger partial charge in [0.2, 0.25) is 0 Å². The van der Waals surface area contributed by atoms with Crippen molar-refractivity contribution in [3.05, 3.63) is 242 Å². The van der Waals surface area contributed by atoms with E-state index in [1.54, 1.807) is 0 Å². The number of nitrogens with zero attached hydrogens (tertiary/aromatic N) is 2. The van der Waals surface area contributed by atoms with E-state index < -0.39 is 0 Å². The van der Waals surface area contributed by atoms with E-state index in [1.807, 2.05) is 0 Å². The van der Waals surface area contributed by atoms with Gasteiger partial charge in [0.15, 0.2) is 0 Å². The summed E-state index contributed by atoms with van der Waals surface area (Å²) in [5.41, 5.74) is 19.8. The zero-order chi connectivity index (χ0) is 44.4. The van der Waals surface area contributed by atoms with Gasteiger partial charge in [-0.1, -0.05) is 184 Å². The number of fused-ring (bicyclic) bond motifs is 11. The Hall–Kier alpha value is -8.46. The van der Waals surface area contributed by atoms with Gasteiger partial charge in [0.05, 0.1) is 22.1 Å². The summed E-state index contributed by atoms with van der Waals surface area (Å²) in [6.45, 7) is 4.77. The summed E-state index contributed by atoms with van der Waals surface area (Å²) in [6.07, 6.45) is 0. The van der Waals surface area contributed by atoms with Crippen molar-refractivity contribution in [2.24, 2.45) is 0 Å². The number of hydrogen-bond donors (Lipinski definition) is 0. The SMILES string of the molecule is CC1(C)c2ccccc2-c2ccc(-c3c4cccc(-c5ccc6c7ccccc7n(-c7ccccc7)c6c5)c4cc4c(-c5ccc6c7ccccc7n(-c7ccccc7)c6c5)cccc34)cc21. The topological polar surface area (TPSA) is 9.86 Å². The van der Waals surface area contributed by atoms with Crippen LogP contribution in [0.5, 0.6) is 0 Å². The fourth-order valence-corrected chi connectivity index (χ4v) is 11.8. The van der Waals surface area contributed by atoms with E-state index in [9.17, 15) is 0 Å². The van der Waals surface area contributed by atoms with E-state index in [0.29, 0.717) is 0 Å². The van der Waals surface area contributed by atoms with Gasteiger partial charge in [-0.15, -0.1) is 0 Å². The van der Waals surface area contributed by atoms with Crippen LogP contribution in [0.15, 0.2) is 231 Å². The van der Waals surface area contributed by atoms with Crippen molar-refractivity contribution >= 4 is 65.2 Å². The van der Waals surface area contributed by atoms with E-state index >= 15 is 0 Å². The molecule has 0 amide bonds. The Morgan fingerprint density at radius 1 is 0.269 bits per heavy atom. The van der Waals surface area contributed by atoms with Crippen LogP contribution in [0.3, 0.4) is 0 Å². The van der Waals surface area contributed by atoms with Gasteiger partial charge in [-0.3, -0.25) is 0 Å². The molecule has 2 aromatic heterocycles. The smallest absolute Gasteiger partial charge is 0.0547 e. The highest BCUT2D eigenvalue weighted by molar-refractivity contribution is 6.20. The molecule has 67 heavy (non-hydrogen) atoms. The third-order valence-corrected chi connectivity index (χ3v) is 14.9. The predicted octanol–water partition coefficient (Wildman–Crippen LogP) is 17.5. The van der Waals surface area contributed by atoms with Crippen molar-refractivity contribution in [2.75, 3.05) is 0 Å². The first kappa shape index (κ1) is 37.9. The van der Waals surface area contributed by atoms with E-state index in [1.165, 1.54) is 121 Å². The maximum Gasteiger partial charge on any atom is 0.0547 e. The number of aromatic nitrogens is 2. The van der Waals surface area contributed by atoms with E-state index in [-0.39, 0.29) is 5.41 Å². The van der Waals surface area contributed by atoms with Crippen molar-refractivity contribution in [1.29, 1.82) is 0 Å². The van der Waals surface area contributed by atoms with Gasteiger partial charge in [0.25, 0.3) is 0 Å². The third kappa shape index (κ3) is 5.51. The lowest BCUT2D eigenvalue weighted by atomic mass is 9.80. The monoisotopic (exact) mass is 852 g/mol. The van der Waals surface area contributed by atoms with Crippen LogP contribution in [0.1, 0.15) is 25.0 Å². The second-order valence-corrected chi connectivity index (χ2v) is 18.8. The molecule has 13 aromatic rings. The fraction of sp³-hybridized carbons (Fsp3) is 0.0462. The molecule has 2 heteroatoms. The molecule has 11 aromatic carbocycles. The predicted molar refractivity (Wildman–Crippen MR) is 284 cm³/mol. The summed E-state index contributed by atoms with van der Waals surface area (Å²) in [5, 5.41) is 9.99. The maximum absolute atomic E-state index is 2.50. The second kappa shape index (κ2) is 14.3. The Labute approximate surface area is 389 Å². The molecule has 2 heterocycles. The molecular formula is C65H44N2. The third-order valence-electron chi connectivity index (χ3n) is 14.9. The lowest BCUT2D eigenvalue weighted by Gasteiger charge is -2.23. The second-order valence-electron chi connectivity index (χ2n) is 18.8. The highest BCUT2D eigenvalue weighted by Gasteiger charge is 2.35. The van der Waals surface area contributed by atoms with Crippen LogP contribution in [0.4, 0.5) is 0 Å². The summed E-state index contributed by atoms with van der Waals surface area (Å²) >= 11 is 0. The molecule has 0 aliphatic heterocycles. The summed E-state index contributed by atoms with van der Waals surface area (Å²) in [4.78, 5) is 0. The van der Waals surface area contributed by atoms with Crippen molar-refractivity contribution in [2.45, 2.75) is 19.3 Å². The van der Waals surface area contributed by atoms with Crippen LogP contribution in [-0.2, 0) is 5.41 Å². The normalized spacial score (nSPS) is 13.0. The standard InChI is InChI=1S/C65H44N2/c1-65(2)58-28-12-9-21-48(58)49-34-33-43(37-59(49)65)64-54-26-15-24-46(41-31-35-52-50-22-10-13-29-60(50)66(62(52)38-41)44-17-5-3-6-18-44)56(54)40-57-47(25-16-27-55(57)64)42-32-36-53-51-23-11-14-30-61(51)67(63(53)39-42)45-19-7-4-8-20-45/h3-40H,1-2H3. The summed E-state index contributed by atoms with van der Waals surface area (Å²) in [5.74, 6) is 0. The van der Waals surface area contributed by atoms with Crippen LogP contribution < -0.4 is 0 Å². The average Bonchev–Trinajstić information content (AvgIpc) is 3.98. The van der Waals surface area contributed by atoms with Gasteiger partial charge in [-0.25, -0.2) is 0 Å². The highest BCUT2D eigenvalue weighted by Crippen LogP contribution is 2.51. The minimum atomic E-state index is -0.127. The summed E-state index contributed by atoms with van der Waals surface area (Å²) < 4.78 is 4.85. The van der Waals surface area contributed by atoms with Gasteiger partial charge in [-0.05, 0) is 138 Å². The van der Waals surface area contributed by atoms with Gasteiger partial charge in [0, 0.05) is 38.3 Å². The van der Waals surface area contributed by atoms with E-state index in [2.05, 4.69) is 254 Å².